The van der Waals surface area contributed by atoms with Gasteiger partial charge in [0.25, 0.3) is 0 Å². The van der Waals surface area contributed by atoms with Gasteiger partial charge >= 0.3 is 0 Å². The third-order valence-corrected chi connectivity index (χ3v) is 2.62. The fourth-order valence-corrected chi connectivity index (χ4v) is 1.59. The molecule has 0 amide bonds. The van der Waals surface area contributed by atoms with Crippen molar-refractivity contribution in [3.05, 3.63) is 40.9 Å². The first kappa shape index (κ1) is 13.1. The maximum atomic E-state index is 6.10. The summed E-state index contributed by atoms with van der Waals surface area (Å²) in [5.41, 5.74) is 2.06. The summed E-state index contributed by atoms with van der Waals surface area (Å²) in [6.45, 7) is 10.2. The van der Waals surface area contributed by atoms with Crippen LogP contribution in [0.25, 0.3) is 5.76 Å². The lowest BCUT2D eigenvalue weighted by Gasteiger charge is -2.10. The number of ether oxygens (including phenoxy) is 1. The van der Waals surface area contributed by atoms with E-state index in [1.165, 1.54) is 0 Å². The first-order valence-corrected chi connectivity index (χ1v) is 5.88. The molecule has 0 unspecified atom stereocenters. The Kier molecular flexibility index (Phi) is 5.36. The Morgan fingerprint density at radius 2 is 2.19 bits per heavy atom. The van der Waals surface area contributed by atoms with Gasteiger partial charge in [0.15, 0.2) is 0 Å². The number of rotatable bonds is 6. The van der Waals surface area contributed by atoms with Crippen molar-refractivity contribution in [2.75, 3.05) is 13.2 Å². The van der Waals surface area contributed by atoms with Gasteiger partial charge in [-0.25, -0.2) is 0 Å². The second-order valence-corrected chi connectivity index (χ2v) is 3.85. The molecule has 0 radical (unpaired) electrons. The van der Waals surface area contributed by atoms with E-state index in [1.807, 2.05) is 25.1 Å². The zero-order valence-corrected chi connectivity index (χ0v) is 10.6. The molecule has 0 saturated heterocycles. The highest BCUT2D eigenvalue weighted by Crippen LogP contribution is 2.22. The quantitative estimate of drug-likeness (QED) is 0.768. The van der Waals surface area contributed by atoms with Crippen molar-refractivity contribution >= 4 is 17.4 Å². The van der Waals surface area contributed by atoms with Crippen LogP contribution in [-0.4, -0.2) is 13.2 Å². The minimum Gasteiger partial charge on any atom is -0.494 e. The van der Waals surface area contributed by atoms with E-state index >= 15 is 0 Å². The predicted octanol–water partition coefficient (Wildman–Crippen LogP) is 3.46. The molecule has 0 spiro atoms. The fraction of sp³-hybridized carbons (Fsp3) is 0.385. The molecule has 1 N–H and O–H groups in total. The Morgan fingerprint density at radius 1 is 1.44 bits per heavy atom. The van der Waals surface area contributed by atoms with Gasteiger partial charge < -0.3 is 10.1 Å². The second-order valence-electron chi connectivity index (χ2n) is 3.44. The van der Waals surface area contributed by atoms with E-state index in [0.717, 1.165) is 29.2 Å². The van der Waals surface area contributed by atoms with E-state index in [-0.39, 0.29) is 0 Å². The second kappa shape index (κ2) is 6.56. The zero-order valence-electron chi connectivity index (χ0n) is 9.85. The lowest BCUT2D eigenvalue weighted by molar-refractivity contribution is 0.299. The minimum atomic E-state index is 0.629. The summed E-state index contributed by atoms with van der Waals surface area (Å²) in [5.74, 6) is 0.692. The van der Waals surface area contributed by atoms with Crippen molar-refractivity contribution < 1.29 is 4.74 Å². The van der Waals surface area contributed by atoms with E-state index in [9.17, 15) is 0 Å². The van der Waals surface area contributed by atoms with Gasteiger partial charge in [-0.05, 0) is 37.2 Å². The average molecular weight is 240 g/mol. The van der Waals surface area contributed by atoms with Crippen LogP contribution in [0.4, 0.5) is 0 Å². The van der Waals surface area contributed by atoms with Gasteiger partial charge in [-0.2, -0.15) is 0 Å². The van der Waals surface area contributed by atoms with Crippen LogP contribution in [0.5, 0.6) is 0 Å². The summed E-state index contributed by atoms with van der Waals surface area (Å²) in [5, 5.41) is 4.02. The zero-order chi connectivity index (χ0) is 12.0. The Morgan fingerprint density at radius 3 is 2.81 bits per heavy atom. The highest BCUT2D eigenvalue weighted by molar-refractivity contribution is 6.31. The van der Waals surface area contributed by atoms with Crippen molar-refractivity contribution in [2.45, 2.75) is 20.4 Å². The van der Waals surface area contributed by atoms with Gasteiger partial charge in [0, 0.05) is 17.1 Å². The lowest BCUT2D eigenvalue weighted by Crippen LogP contribution is -2.12. The van der Waals surface area contributed by atoms with Crippen LogP contribution < -0.4 is 5.32 Å². The molecule has 16 heavy (non-hydrogen) atoms. The Labute approximate surface area is 102 Å². The molecule has 0 aliphatic carbocycles. The van der Waals surface area contributed by atoms with Crippen LogP contribution in [0.3, 0.4) is 0 Å². The molecule has 3 heteroatoms. The van der Waals surface area contributed by atoms with Crippen molar-refractivity contribution in [3.63, 3.8) is 0 Å². The standard InChI is InChI=1S/C13H18ClNO/c1-4-15-9-12-8-11(6-7-13(12)14)10(3)16-5-2/h6-8,15H,3-5,9H2,1-2H3. The van der Waals surface area contributed by atoms with Crippen LogP contribution in [0, 0.1) is 0 Å². The van der Waals surface area contributed by atoms with Crippen molar-refractivity contribution in [2.24, 2.45) is 0 Å². The van der Waals surface area contributed by atoms with Gasteiger partial charge in [-0.1, -0.05) is 25.1 Å². The Bertz CT molecular complexity index is 363. The summed E-state index contributed by atoms with van der Waals surface area (Å²) in [4.78, 5) is 0. The van der Waals surface area contributed by atoms with Gasteiger partial charge in [-0.15, -0.1) is 0 Å². The van der Waals surface area contributed by atoms with Crippen LogP contribution in [0.2, 0.25) is 5.02 Å². The Balaban J connectivity index is 2.84. The number of hydrogen-bond acceptors (Lipinski definition) is 2. The van der Waals surface area contributed by atoms with Crippen molar-refractivity contribution in [3.8, 4) is 0 Å². The number of nitrogens with one attached hydrogen (secondary N) is 1. The Hall–Kier alpha value is -0.990. The monoisotopic (exact) mass is 239 g/mol. The van der Waals surface area contributed by atoms with Gasteiger partial charge in [0.05, 0.1) is 6.61 Å². The highest BCUT2D eigenvalue weighted by atomic mass is 35.5. The molecule has 0 aromatic heterocycles. The molecule has 0 bridgehead atoms. The third-order valence-electron chi connectivity index (χ3n) is 2.25. The highest BCUT2D eigenvalue weighted by Gasteiger charge is 2.04. The van der Waals surface area contributed by atoms with Crippen molar-refractivity contribution in [1.82, 2.24) is 5.32 Å². The summed E-state index contributed by atoms with van der Waals surface area (Å²) in [6, 6.07) is 5.83. The molecule has 0 fully saturated rings. The maximum Gasteiger partial charge on any atom is 0.119 e. The molecule has 88 valence electrons. The summed E-state index contributed by atoms with van der Waals surface area (Å²) in [6.07, 6.45) is 0. The summed E-state index contributed by atoms with van der Waals surface area (Å²) >= 11 is 6.10. The molecule has 1 rings (SSSR count). The molecular weight excluding hydrogens is 222 g/mol. The molecule has 2 nitrogen and oxygen atoms in total. The largest absolute Gasteiger partial charge is 0.494 e. The van der Waals surface area contributed by atoms with Gasteiger partial charge in [0.2, 0.25) is 0 Å². The van der Waals surface area contributed by atoms with Gasteiger partial charge in [-0.3, -0.25) is 0 Å². The fourth-order valence-electron chi connectivity index (χ4n) is 1.40. The van der Waals surface area contributed by atoms with E-state index in [1.54, 1.807) is 0 Å². The summed E-state index contributed by atoms with van der Waals surface area (Å²) < 4.78 is 5.37. The van der Waals surface area contributed by atoms with E-state index in [4.69, 9.17) is 16.3 Å². The normalized spacial score (nSPS) is 10.2. The molecule has 0 atom stereocenters. The smallest absolute Gasteiger partial charge is 0.119 e. The van der Waals surface area contributed by atoms with E-state index < -0.39 is 0 Å². The molecule has 1 aromatic carbocycles. The third kappa shape index (κ3) is 3.54. The van der Waals surface area contributed by atoms with Gasteiger partial charge in [0.1, 0.15) is 5.76 Å². The molecular formula is C13H18ClNO. The van der Waals surface area contributed by atoms with Crippen molar-refractivity contribution in [1.29, 1.82) is 0 Å². The lowest BCUT2D eigenvalue weighted by atomic mass is 10.1. The average Bonchev–Trinajstić information content (AvgIpc) is 2.28. The topological polar surface area (TPSA) is 21.3 Å². The maximum absolute atomic E-state index is 6.10. The van der Waals surface area contributed by atoms with Crippen LogP contribution >= 0.6 is 11.6 Å². The number of benzene rings is 1. The molecule has 0 heterocycles. The first-order valence-electron chi connectivity index (χ1n) is 5.50. The summed E-state index contributed by atoms with van der Waals surface area (Å²) in [7, 11) is 0. The predicted molar refractivity (Wildman–Crippen MR) is 69.5 cm³/mol. The van der Waals surface area contributed by atoms with Crippen LogP contribution in [0.15, 0.2) is 24.8 Å². The minimum absolute atomic E-state index is 0.629. The molecule has 1 aromatic rings. The SMILES string of the molecule is C=C(OCC)c1ccc(Cl)c(CNCC)c1. The number of halogens is 1. The van der Waals surface area contributed by atoms with Crippen LogP contribution in [0.1, 0.15) is 25.0 Å². The van der Waals surface area contributed by atoms with Crippen LogP contribution in [-0.2, 0) is 11.3 Å². The molecule has 0 aliphatic rings. The van der Waals surface area contributed by atoms with E-state index in [2.05, 4.69) is 18.8 Å². The molecule has 0 saturated carbocycles. The first-order chi connectivity index (χ1) is 7.69. The molecule has 0 aliphatic heterocycles. The van der Waals surface area contributed by atoms with E-state index in [0.29, 0.717) is 12.4 Å². The number of hydrogen-bond donors (Lipinski definition) is 1.